The van der Waals surface area contributed by atoms with Crippen LogP contribution < -0.4 is 4.72 Å². The normalized spacial score (nSPS) is 12.3. The Hall–Kier alpha value is -1.75. The molecule has 24 heavy (non-hydrogen) atoms. The van der Waals surface area contributed by atoms with E-state index in [1.54, 1.807) is 4.72 Å². The van der Waals surface area contributed by atoms with E-state index >= 15 is 0 Å². The van der Waals surface area contributed by atoms with Crippen molar-refractivity contribution in [2.24, 2.45) is 0 Å². The molecule has 0 radical (unpaired) electrons. The summed E-state index contributed by atoms with van der Waals surface area (Å²) in [5.41, 5.74) is -1.71. The van der Waals surface area contributed by atoms with Crippen LogP contribution in [-0.4, -0.2) is 8.42 Å². The Morgan fingerprint density at radius 1 is 0.958 bits per heavy atom. The lowest BCUT2D eigenvalue weighted by atomic mass is 10.2. The predicted octanol–water partition coefficient (Wildman–Crippen LogP) is 4.69. The number of anilines is 1. The van der Waals surface area contributed by atoms with Gasteiger partial charge in [-0.3, -0.25) is 4.72 Å². The van der Waals surface area contributed by atoms with Crippen molar-refractivity contribution in [3.63, 3.8) is 0 Å². The van der Waals surface area contributed by atoms with Crippen LogP contribution in [0.15, 0.2) is 39.7 Å². The zero-order chi connectivity index (χ0) is 18.3. The van der Waals surface area contributed by atoms with E-state index in [0.29, 0.717) is 18.2 Å². The fraction of sp³-hybridized carbons (Fsp3) is 0.0769. The van der Waals surface area contributed by atoms with Gasteiger partial charge in [-0.05, 0) is 30.3 Å². The Morgan fingerprint density at radius 2 is 1.58 bits per heavy atom. The molecule has 0 spiro atoms. The molecule has 0 saturated carbocycles. The molecule has 0 aliphatic heterocycles. The number of hydrogen-bond acceptors (Lipinski definition) is 2. The highest BCUT2D eigenvalue weighted by atomic mass is 79.9. The Morgan fingerprint density at radius 3 is 2.17 bits per heavy atom. The standard InChI is InChI=1S/C13H6BrF6NO2S/c14-8-2-1-6(5-7(8)13(18,19)20)21-24(22,23)10-4-3-9(15)11(16)12(10)17/h1-5,21H. The maximum absolute atomic E-state index is 13.6. The van der Waals surface area contributed by atoms with E-state index in [1.807, 2.05) is 0 Å². The molecule has 0 bridgehead atoms. The van der Waals surface area contributed by atoms with Crippen molar-refractivity contribution < 1.29 is 34.8 Å². The van der Waals surface area contributed by atoms with Gasteiger partial charge in [0, 0.05) is 10.2 Å². The average molecular weight is 434 g/mol. The Balaban J connectivity index is 2.46. The molecule has 2 aromatic rings. The van der Waals surface area contributed by atoms with Crippen LogP contribution in [0.3, 0.4) is 0 Å². The van der Waals surface area contributed by atoms with Crippen LogP contribution in [0, 0.1) is 17.5 Å². The third-order valence-electron chi connectivity index (χ3n) is 2.81. The number of nitrogens with one attached hydrogen (secondary N) is 1. The average Bonchev–Trinajstić information content (AvgIpc) is 2.45. The highest BCUT2D eigenvalue weighted by Crippen LogP contribution is 2.36. The van der Waals surface area contributed by atoms with Gasteiger partial charge in [0.1, 0.15) is 4.90 Å². The highest BCUT2D eigenvalue weighted by Gasteiger charge is 2.33. The molecule has 0 atom stereocenters. The molecule has 2 rings (SSSR count). The number of rotatable bonds is 3. The van der Waals surface area contributed by atoms with E-state index in [9.17, 15) is 34.8 Å². The first-order valence-electron chi connectivity index (χ1n) is 5.96. The van der Waals surface area contributed by atoms with Crippen LogP contribution in [0.4, 0.5) is 32.0 Å². The molecule has 11 heteroatoms. The summed E-state index contributed by atoms with van der Waals surface area (Å²) in [6, 6.07) is 3.23. The fourth-order valence-electron chi connectivity index (χ4n) is 1.73. The van der Waals surface area contributed by atoms with Crippen molar-refractivity contribution in [3.05, 3.63) is 57.8 Å². The second-order valence-electron chi connectivity index (χ2n) is 4.47. The fourth-order valence-corrected chi connectivity index (χ4v) is 3.32. The molecule has 1 N–H and O–H groups in total. The number of sulfonamides is 1. The van der Waals surface area contributed by atoms with Crippen molar-refractivity contribution in [3.8, 4) is 0 Å². The zero-order valence-electron chi connectivity index (χ0n) is 11.3. The Bertz CT molecular complexity index is 898. The maximum Gasteiger partial charge on any atom is 0.417 e. The van der Waals surface area contributed by atoms with Gasteiger partial charge < -0.3 is 0 Å². The first-order valence-corrected chi connectivity index (χ1v) is 8.24. The van der Waals surface area contributed by atoms with Crippen molar-refractivity contribution >= 4 is 31.6 Å². The lowest BCUT2D eigenvalue weighted by Crippen LogP contribution is -2.16. The van der Waals surface area contributed by atoms with Gasteiger partial charge in [0.15, 0.2) is 17.5 Å². The molecule has 130 valence electrons. The van der Waals surface area contributed by atoms with E-state index in [1.165, 1.54) is 0 Å². The summed E-state index contributed by atoms with van der Waals surface area (Å²) >= 11 is 2.67. The third kappa shape index (κ3) is 3.66. The van der Waals surface area contributed by atoms with E-state index in [4.69, 9.17) is 0 Å². The third-order valence-corrected chi connectivity index (χ3v) is 4.90. The van der Waals surface area contributed by atoms with Crippen LogP contribution in [0.25, 0.3) is 0 Å². The monoisotopic (exact) mass is 433 g/mol. The molecule has 3 nitrogen and oxygen atoms in total. The van der Waals surface area contributed by atoms with Gasteiger partial charge in [-0.25, -0.2) is 21.6 Å². The molecular weight excluding hydrogens is 428 g/mol. The molecule has 0 amide bonds. The summed E-state index contributed by atoms with van der Waals surface area (Å²) in [6.45, 7) is 0. The summed E-state index contributed by atoms with van der Waals surface area (Å²) in [4.78, 5) is -1.24. The maximum atomic E-state index is 13.6. The largest absolute Gasteiger partial charge is 0.417 e. The Kier molecular flexibility index (Phi) is 4.86. The molecule has 0 saturated heterocycles. The minimum Gasteiger partial charge on any atom is -0.280 e. The van der Waals surface area contributed by atoms with E-state index < -0.39 is 49.8 Å². The predicted molar refractivity (Wildman–Crippen MR) is 76.3 cm³/mol. The van der Waals surface area contributed by atoms with Gasteiger partial charge >= 0.3 is 6.18 Å². The van der Waals surface area contributed by atoms with Crippen molar-refractivity contribution in [2.75, 3.05) is 4.72 Å². The topological polar surface area (TPSA) is 46.2 Å². The first-order chi connectivity index (χ1) is 10.9. The SMILES string of the molecule is O=S(=O)(Nc1ccc(Br)c(C(F)(F)F)c1)c1ccc(F)c(F)c1F. The molecule has 0 heterocycles. The summed E-state index contributed by atoms with van der Waals surface area (Å²) in [7, 11) is -4.77. The highest BCUT2D eigenvalue weighted by molar-refractivity contribution is 9.10. The summed E-state index contributed by atoms with van der Waals surface area (Å²) in [5.74, 6) is -5.59. The van der Waals surface area contributed by atoms with Gasteiger partial charge in [-0.2, -0.15) is 13.2 Å². The van der Waals surface area contributed by atoms with Crippen molar-refractivity contribution in [2.45, 2.75) is 11.1 Å². The quantitative estimate of drug-likeness (QED) is 0.563. The smallest absolute Gasteiger partial charge is 0.280 e. The van der Waals surface area contributed by atoms with Crippen LogP contribution in [0.1, 0.15) is 5.56 Å². The lowest BCUT2D eigenvalue weighted by Gasteiger charge is -2.13. The molecule has 0 aliphatic carbocycles. The van der Waals surface area contributed by atoms with E-state index in [-0.39, 0.29) is 4.47 Å². The second-order valence-corrected chi connectivity index (χ2v) is 6.98. The van der Waals surface area contributed by atoms with Gasteiger partial charge in [0.25, 0.3) is 10.0 Å². The lowest BCUT2D eigenvalue weighted by molar-refractivity contribution is -0.138. The van der Waals surface area contributed by atoms with Gasteiger partial charge in [-0.1, -0.05) is 15.9 Å². The molecule has 0 unspecified atom stereocenters. The van der Waals surface area contributed by atoms with E-state index in [0.717, 1.165) is 12.1 Å². The molecule has 0 fully saturated rings. The molecular formula is C13H6BrF6NO2S. The number of benzene rings is 2. The Labute approximate surface area is 140 Å². The molecule has 0 aliphatic rings. The van der Waals surface area contributed by atoms with Crippen molar-refractivity contribution in [1.29, 1.82) is 0 Å². The second kappa shape index (κ2) is 6.28. The number of alkyl halides is 3. The van der Waals surface area contributed by atoms with Crippen LogP contribution in [0.2, 0.25) is 0 Å². The van der Waals surface area contributed by atoms with E-state index in [2.05, 4.69) is 15.9 Å². The van der Waals surface area contributed by atoms with Crippen LogP contribution in [0.5, 0.6) is 0 Å². The van der Waals surface area contributed by atoms with Gasteiger partial charge in [-0.15, -0.1) is 0 Å². The van der Waals surface area contributed by atoms with Gasteiger partial charge in [0.2, 0.25) is 0 Å². The molecule has 2 aromatic carbocycles. The summed E-state index contributed by atoms with van der Waals surface area (Å²) in [5, 5.41) is 0. The minimum absolute atomic E-state index is 0.336. The first kappa shape index (κ1) is 18.6. The number of halogens is 7. The summed E-state index contributed by atoms with van der Waals surface area (Å²) < 4.78 is 103. The zero-order valence-corrected chi connectivity index (χ0v) is 13.7. The number of hydrogen-bond donors (Lipinski definition) is 1. The van der Waals surface area contributed by atoms with Crippen LogP contribution >= 0.6 is 15.9 Å². The van der Waals surface area contributed by atoms with Gasteiger partial charge in [0.05, 0.1) is 5.56 Å². The molecule has 0 aromatic heterocycles. The van der Waals surface area contributed by atoms with Crippen LogP contribution in [-0.2, 0) is 16.2 Å². The van der Waals surface area contributed by atoms with Crippen molar-refractivity contribution in [1.82, 2.24) is 0 Å². The minimum atomic E-state index is -4.77. The summed E-state index contributed by atoms with van der Waals surface area (Å²) in [6.07, 6.45) is -4.77.